The van der Waals surface area contributed by atoms with Gasteiger partial charge in [0.15, 0.2) is 0 Å². The molecule has 0 bridgehead atoms. The van der Waals surface area contributed by atoms with E-state index in [-0.39, 0.29) is 11.6 Å². The van der Waals surface area contributed by atoms with Crippen molar-refractivity contribution >= 4 is 17.5 Å². The molecule has 1 N–H and O–H groups in total. The third-order valence-corrected chi connectivity index (χ3v) is 3.95. The van der Waals surface area contributed by atoms with Crippen LogP contribution in [0.15, 0.2) is 36.4 Å². The quantitative estimate of drug-likeness (QED) is 0.929. The van der Waals surface area contributed by atoms with E-state index in [4.69, 9.17) is 4.74 Å². The van der Waals surface area contributed by atoms with Crippen molar-refractivity contribution in [2.75, 3.05) is 25.0 Å². The van der Waals surface area contributed by atoms with Gasteiger partial charge in [-0.3, -0.25) is 9.59 Å². The summed E-state index contributed by atoms with van der Waals surface area (Å²) in [5.41, 5.74) is -0.123. The fraction of sp³-hybridized carbons (Fsp3) is 0.222. The monoisotopic (exact) mass is 346 g/mol. The summed E-state index contributed by atoms with van der Waals surface area (Å²) in [6.45, 7) is 3.22. The standard InChI is InChI=1S/C18H16F2N2O3/c1-2-22-8-9-25-15-7-6-11(10-12(15)18(22)24)21-17(23)16-13(19)4-3-5-14(16)20/h3-7,10H,2,8-9H2,1H3,(H,21,23). The number of benzene rings is 2. The summed E-state index contributed by atoms with van der Waals surface area (Å²) in [4.78, 5) is 26.3. The Morgan fingerprint density at radius 1 is 1.24 bits per heavy atom. The van der Waals surface area contributed by atoms with Crippen LogP contribution >= 0.6 is 0 Å². The van der Waals surface area contributed by atoms with Crippen LogP contribution in [0, 0.1) is 11.6 Å². The molecule has 0 atom stereocenters. The molecule has 0 spiro atoms. The van der Waals surface area contributed by atoms with Crippen molar-refractivity contribution in [1.29, 1.82) is 0 Å². The van der Waals surface area contributed by atoms with E-state index in [0.717, 1.165) is 12.1 Å². The topological polar surface area (TPSA) is 58.6 Å². The van der Waals surface area contributed by atoms with Crippen LogP contribution in [0.5, 0.6) is 5.75 Å². The highest BCUT2D eigenvalue weighted by Gasteiger charge is 2.24. The first-order valence-electron chi connectivity index (χ1n) is 7.82. The molecule has 0 aromatic heterocycles. The van der Waals surface area contributed by atoms with E-state index in [9.17, 15) is 18.4 Å². The average molecular weight is 346 g/mol. The number of halogens is 2. The SMILES string of the molecule is CCN1CCOc2ccc(NC(=O)c3c(F)cccc3F)cc2C1=O. The third kappa shape index (κ3) is 3.31. The lowest BCUT2D eigenvalue weighted by Crippen LogP contribution is -2.32. The summed E-state index contributed by atoms with van der Waals surface area (Å²) in [5, 5.41) is 2.42. The molecule has 1 aliphatic heterocycles. The van der Waals surface area contributed by atoms with Gasteiger partial charge in [0.05, 0.1) is 12.1 Å². The van der Waals surface area contributed by atoms with Gasteiger partial charge in [-0.05, 0) is 37.3 Å². The molecule has 2 amide bonds. The second-order valence-electron chi connectivity index (χ2n) is 5.50. The van der Waals surface area contributed by atoms with Gasteiger partial charge in [-0.25, -0.2) is 8.78 Å². The van der Waals surface area contributed by atoms with E-state index in [1.807, 2.05) is 6.92 Å². The van der Waals surface area contributed by atoms with Crippen molar-refractivity contribution in [2.45, 2.75) is 6.92 Å². The molecule has 2 aromatic carbocycles. The van der Waals surface area contributed by atoms with Gasteiger partial charge < -0.3 is 15.0 Å². The maximum Gasteiger partial charge on any atom is 0.261 e. The van der Waals surface area contributed by atoms with Gasteiger partial charge in [0.2, 0.25) is 0 Å². The second kappa shape index (κ2) is 6.88. The Morgan fingerprint density at radius 3 is 2.64 bits per heavy atom. The molecular weight excluding hydrogens is 330 g/mol. The van der Waals surface area contributed by atoms with Gasteiger partial charge in [0, 0.05) is 12.2 Å². The molecule has 0 fully saturated rings. The Morgan fingerprint density at radius 2 is 1.96 bits per heavy atom. The smallest absolute Gasteiger partial charge is 0.261 e. The summed E-state index contributed by atoms with van der Waals surface area (Å²) in [7, 11) is 0. The van der Waals surface area contributed by atoms with E-state index in [1.54, 1.807) is 11.0 Å². The van der Waals surface area contributed by atoms with E-state index in [0.29, 0.717) is 31.0 Å². The number of hydrogen-bond donors (Lipinski definition) is 1. The average Bonchev–Trinajstić information content (AvgIpc) is 2.74. The van der Waals surface area contributed by atoms with Crippen LogP contribution in [0.2, 0.25) is 0 Å². The number of ether oxygens (including phenoxy) is 1. The van der Waals surface area contributed by atoms with Crippen LogP contribution in [-0.4, -0.2) is 36.4 Å². The largest absolute Gasteiger partial charge is 0.491 e. The number of fused-ring (bicyclic) bond motifs is 1. The zero-order chi connectivity index (χ0) is 18.0. The Hall–Kier alpha value is -2.96. The molecule has 3 rings (SSSR count). The molecule has 130 valence electrons. The number of rotatable bonds is 3. The van der Waals surface area contributed by atoms with Crippen molar-refractivity contribution < 1.29 is 23.1 Å². The van der Waals surface area contributed by atoms with Crippen molar-refractivity contribution in [3.63, 3.8) is 0 Å². The van der Waals surface area contributed by atoms with Crippen LogP contribution in [0.25, 0.3) is 0 Å². The Bertz CT molecular complexity index is 819. The van der Waals surface area contributed by atoms with Crippen molar-refractivity contribution in [3.8, 4) is 5.75 Å². The minimum Gasteiger partial charge on any atom is -0.491 e. The highest BCUT2D eigenvalue weighted by atomic mass is 19.1. The second-order valence-corrected chi connectivity index (χ2v) is 5.50. The summed E-state index contributed by atoms with van der Waals surface area (Å²) in [6.07, 6.45) is 0. The van der Waals surface area contributed by atoms with Gasteiger partial charge in [-0.2, -0.15) is 0 Å². The highest BCUT2D eigenvalue weighted by Crippen LogP contribution is 2.27. The zero-order valence-corrected chi connectivity index (χ0v) is 13.5. The summed E-state index contributed by atoms with van der Waals surface area (Å²) in [5.74, 6) is -2.64. The van der Waals surface area contributed by atoms with E-state index in [1.165, 1.54) is 18.2 Å². The van der Waals surface area contributed by atoms with Gasteiger partial charge in [0.1, 0.15) is 29.6 Å². The van der Waals surface area contributed by atoms with E-state index < -0.39 is 23.1 Å². The lowest BCUT2D eigenvalue weighted by molar-refractivity contribution is 0.0764. The number of nitrogens with one attached hydrogen (secondary N) is 1. The molecular formula is C18H16F2N2O3. The number of hydrogen-bond acceptors (Lipinski definition) is 3. The minimum atomic E-state index is -0.955. The maximum absolute atomic E-state index is 13.7. The van der Waals surface area contributed by atoms with Gasteiger partial charge in [-0.15, -0.1) is 0 Å². The zero-order valence-electron chi connectivity index (χ0n) is 13.5. The molecule has 0 radical (unpaired) electrons. The predicted molar refractivity (Wildman–Crippen MR) is 87.8 cm³/mol. The first kappa shape index (κ1) is 16.9. The number of likely N-dealkylation sites (N-methyl/N-ethyl adjacent to an activating group) is 1. The molecule has 1 heterocycles. The molecule has 0 unspecified atom stereocenters. The van der Waals surface area contributed by atoms with Crippen LogP contribution in [0.3, 0.4) is 0 Å². The van der Waals surface area contributed by atoms with Crippen LogP contribution in [-0.2, 0) is 0 Å². The maximum atomic E-state index is 13.7. The van der Waals surface area contributed by atoms with Gasteiger partial charge in [0.25, 0.3) is 11.8 Å². The van der Waals surface area contributed by atoms with Gasteiger partial charge >= 0.3 is 0 Å². The highest BCUT2D eigenvalue weighted by molar-refractivity contribution is 6.06. The number of carbonyl (C=O) groups is 2. The van der Waals surface area contributed by atoms with Gasteiger partial charge in [-0.1, -0.05) is 6.07 Å². The number of anilines is 1. The van der Waals surface area contributed by atoms with Crippen molar-refractivity contribution in [1.82, 2.24) is 4.90 Å². The molecule has 5 nitrogen and oxygen atoms in total. The Labute approximate surface area is 143 Å². The molecule has 0 saturated heterocycles. The summed E-state index contributed by atoms with van der Waals surface area (Å²) in [6, 6.07) is 7.71. The molecule has 0 aliphatic carbocycles. The Balaban J connectivity index is 1.90. The molecule has 1 aliphatic rings. The third-order valence-electron chi connectivity index (χ3n) is 3.95. The predicted octanol–water partition coefficient (Wildman–Crippen LogP) is 3.07. The fourth-order valence-electron chi connectivity index (χ4n) is 2.65. The first-order chi connectivity index (χ1) is 12.0. The lowest BCUT2D eigenvalue weighted by Gasteiger charge is -2.17. The molecule has 2 aromatic rings. The molecule has 25 heavy (non-hydrogen) atoms. The number of carbonyl (C=O) groups excluding carboxylic acids is 2. The minimum absolute atomic E-state index is 0.219. The summed E-state index contributed by atoms with van der Waals surface area (Å²) < 4.78 is 33.0. The van der Waals surface area contributed by atoms with Crippen molar-refractivity contribution in [2.24, 2.45) is 0 Å². The number of amides is 2. The Kier molecular flexibility index (Phi) is 4.65. The molecule has 0 saturated carbocycles. The van der Waals surface area contributed by atoms with Crippen molar-refractivity contribution in [3.05, 3.63) is 59.2 Å². The first-order valence-corrected chi connectivity index (χ1v) is 7.82. The summed E-state index contributed by atoms with van der Waals surface area (Å²) >= 11 is 0. The normalized spacial score (nSPS) is 13.7. The van der Waals surface area contributed by atoms with E-state index >= 15 is 0 Å². The number of nitrogens with zero attached hydrogens (tertiary/aromatic N) is 1. The fourth-order valence-corrected chi connectivity index (χ4v) is 2.65. The van der Waals surface area contributed by atoms with Crippen LogP contribution in [0.1, 0.15) is 27.6 Å². The molecule has 7 heteroatoms. The van der Waals surface area contributed by atoms with Crippen LogP contribution in [0.4, 0.5) is 14.5 Å². The van der Waals surface area contributed by atoms with Crippen LogP contribution < -0.4 is 10.1 Å². The lowest BCUT2D eigenvalue weighted by atomic mass is 10.1. The van der Waals surface area contributed by atoms with E-state index in [2.05, 4.69) is 5.32 Å².